The summed E-state index contributed by atoms with van der Waals surface area (Å²) in [5.74, 6) is 0.125. The quantitative estimate of drug-likeness (QED) is 0.262. The van der Waals surface area contributed by atoms with Crippen molar-refractivity contribution in [1.82, 2.24) is 0 Å². The molecule has 0 amide bonds. The fourth-order valence-electron chi connectivity index (χ4n) is 3.02. The number of rotatable bonds is 8. The van der Waals surface area contributed by atoms with Gasteiger partial charge in [0.2, 0.25) is 0 Å². The number of furan rings is 1. The van der Waals surface area contributed by atoms with Crippen molar-refractivity contribution in [2.75, 3.05) is 5.48 Å². The summed E-state index contributed by atoms with van der Waals surface area (Å²) >= 11 is 0. The van der Waals surface area contributed by atoms with Crippen molar-refractivity contribution >= 4 is 13.3 Å². The summed E-state index contributed by atoms with van der Waals surface area (Å²) in [6.07, 6.45) is 1.46. The van der Waals surface area contributed by atoms with E-state index in [1.807, 2.05) is 91.0 Å². The van der Waals surface area contributed by atoms with Crippen LogP contribution in [0, 0.1) is 0 Å². The van der Waals surface area contributed by atoms with Crippen molar-refractivity contribution in [3.05, 3.63) is 121 Å². The van der Waals surface area contributed by atoms with Crippen molar-refractivity contribution in [2.45, 2.75) is 5.66 Å². The molecule has 29 heavy (non-hydrogen) atoms. The van der Waals surface area contributed by atoms with Gasteiger partial charge in [0, 0.05) is 6.07 Å². The summed E-state index contributed by atoms with van der Waals surface area (Å²) in [6, 6.07) is 31.5. The second-order valence-corrected chi connectivity index (χ2v) is 8.31. The van der Waals surface area contributed by atoms with Gasteiger partial charge in [0.1, 0.15) is 5.66 Å². The summed E-state index contributed by atoms with van der Waals surface area (Å²) in [6.45, 7) is 0. The van der Waals surface area contributed by atoms with Crippen molar-refractivity contribution in [3.8, 4) is 5.95 Å². The standard InChI is InChI=1S/C23H20NO4P/c25-29(27-22-17-10-18-26-22,28-24-21-15-8-3-9-16-21)23(19-11-4-1-5-12-19)20-13-6-2-7-14-20/h1-18,23-24H. The first-order chi connectivity index (χ1) is 14.2. The lowest BCUT2D eigenvalue weighted by Gasteiger charge is -2.27. The van der Waals surface area contributed by atoms with E-state index in [1.165, 1.54) is 6.26 Å². The van der Waals surface area contributed by atoms with Crippen LogP contribution in [0.4, 0.5) is 5.69 Å². The molecular formula is C23H20NO4P. The fraction of sp³-hybridized carbons (Fsp3) is 0.0435. The Morgan fingerprint density at radius 3 is 1.79 bits per heavy atom. The lowest BCUT2D eigenvalue weighted by molar-refractivity contribution is 0.282. The van der Waals surface area contributed by atoms with E-state index >= 15 is 0 Å². The van der Waals surface area contributed by atoms with Gasteiger partial charge in [0.25, 0.3) is 5.95 Å². The van der Waals surface area contributed by atoms with Crippen LogP contribution in [0.1, 0.15) is 16.8 Å². The number of para-hydroxylation sites is 1. The van der Waals surface area contributed by atoms with Gasteiger partial charge < -0.3 is 8.94 Å². The van der Waals surface area contributed by atoms with Crippen LogP contribution in [-0.2, 0) is 9.19 Å². The Bertz CT molecular complexity index is 1010. The molecule has 0 saturated heterocycles. The number of hydrogen-bond acceptors (Lipinski definition) is 5. The summed E-state index contributed by atoms with van der Waals surface area (Å²) in [5, 5.41) is 0. The molecule has 0 bridgehead atoms. The van der Waals surface area contributed by atoms with E-state index in [9.17, 15) is 4.57 Å². The predicted octanol–water partition coefficient (Wildman–Crippen LogP) is 6.68. The molecule has 146 valence electrons. The van der Waals surface area contributed by atoms with Crippen LogP contribution in [0.5, 0.6) is 5.95 Å². The van der Waals surface area contributed by atoms with E-state index in [0.717, 1.165) is 11.1 Å². The van der Waals surface area contributed by atoms with E-state index in [4.69, 9.17) is 13.6 Å². The van der Waals surface area contributed by atoms with Gasteiger partial charge >= 0.3 is 7.60 Å². The molecule has 3 aromatic carbocycles. The molecule has 4 rings (SSSR count). The predicted molar refractivity (Wildman–Crippen MR) is 113 cm³/mol. The zero-order chi connectivity index (χ0) is 19.9. The SMILES string of the molecule is O=P(ONc1ccccc1)(Oc1ccco1)C(c1ccccc1)c1ccccc1. The van der Waals surface area contributed by atoms with E-state index < -0.39 is 13.3 Å². The maximum Gasteiger partial charge on any atom is 0.414 e. The first-order valence-electron chi connectivity index (χ1n) is 9.17. The first kappa shape index (κ1) is 19.1. The Balaban J connectivity index is 1.76. The van der Waals surface area contributed by atoms with Crippen LogP contribution in [-0.4, -0.2) is 0 Å². The fourth-order valence-corrected chi connectivity index (χ4v) is 4.93. The van der Waals surface area contributed by atoms with Gasteiger partial charge in [0.05, 0.1) is 12.0 Å². The van der Waals surface area contributed by atoms with Crippen molar-refractivity contribution in [3.63, 3.8) is 0 Å². The summed E-state index contributed by atoms with van der Waals surface area (Å²) < 4.78 is 31.1. The topological polar surface area (TPSA) is 60.7 Å². The highest BCUT2D eigenvalue weighted by atomic mass is 31.2. The Kier molecular flexibility index (Phi) is 5.80. The zero-order valence-corrected chi connectivity index (χ0v) is 16.4. The van der Waals surface area contributed by atoms with Gasteiger partial charge in [-0.15, -0.1) is 0 Å². The average molecular weight is 405 g/mol. The van der Waals surface area contributed by atoms with Crippen LogP contribution in [0.25, 0.3) is 0 Å². The Morgan fingerprint density at radius 1 is 0.724 bits per heavy atom. The largest absolute Gasteiger partial charge is 0.434 e. The first-order valence-corrected chi connectivity index (χ1v) is 10.8. The van der Waals surface area contributed by atoms with Gasteiger partial charge in [-0.05, 0) is 29.3 Å². The van der Waals surface area contributed by atoms with E-state index in [0.29, 0.717) is 5.69 Å². The van der Waals surface area contributed by atoms with E-state index in [-0.39, 0.29) is 5.95 Å². The Hall–Kier alpha value is -3.27. The zero-order valence-electron chi connectivity index (χ0n) is 15.5. The molecule has 1 N–H and O–H groups in total. The second-order valence-electron chi connectivity index (χ2n) is 6.35. The van der Waals surface area contributed by atoms with Crippen LogP contribution in [0.2, 0.25) is 0 Å². The lowest BCUT2D eigenvalue weighted by atomic mass is 10.0. The minimum absolute atomic E-state index is 0.125. The lowest BCUT2D eigenvalue weighted by Crippen LogP contribution is -2.13. The molecule has 0 aliphatic carbocycles. The maximum absolute atomic E-state index is 14.2. The molecule has 0 spiro atoms. The minimum Gasteiger partial charge on any atom is -0.434 e. The molecule has 0 aliphatic heterocycles. The molecule has 0 aliphatic rings. The van der Waals surface area contributed by atoms with Gasteiger partial charge in [-0.3, -0.25) is 5.48 Å². The maximum atomic E-state index is 14.2. The van der Waals surface area contributed by atoms with Crippen LogP contribution < -0.4 is 10.0 Å². The number of anilines is 1. The smallest absolute Gasteiger partial charge is 0.414 e. The number of hydrogen-bond donors (Lipinski definition) is 1. The van der Waals surface area contributed by atoms with E-state index in [2.05, 4.69) is 5.48 Å². The van der Waals surface area contributed by atoms with Crippen molar-refractivity contribution < 1.29 is 18.1 Å². The van der Waals surface area contributed by atoms with Gasteiger partial charge in [-0.25, -0.2) is 4.57 Å². The molecular weight excluding hydrogens is 385 g/mol. The van der Waals surface area contributed by atoms with Crippen molar-refractivity contribution in [1.29, 1.82) is 0 Å². The second kappa shape index (κ2) is 8.82. The van der Waals surface area contributed by atoms with E-state index in [1.54, 1.807) is 12.1 Å². The van der Waals surface area contributed by atoms with Crippen LogP contribution >= 0.6 is 7.60 Å². The van der Waals surface area contributed by atoms with Crippen LogP contribution in [0.3, 0.4) is 0 Å². The number of nitrogens with one attached hydrogen (secondary N) is 1. The summed E-state index contributed by atoms with van der Waals surface area (Å²) in [7, 11) is -3.83. The average Bonchev–Trinajstić information content (AvgIpc) is 3.27. The Labute approximate surface area is 169 Å². The molecule has 0 radical (unpaired) electrons. The minimum atomic E-state index is -3.83. The van der Waals surface area contributed by atoms with Gasteiger partial charge in [0.15, 0.2) is 0 Å². The summed E-state index contributed by atoms with van der Waals surface area (Å²) in [4.78, 5) is 0. The highest BCUT2D eigenvalue weighted by Crippen LogP contribution is 2.63. The summed E-state index contributed by atoms with van der Waals surface area (Å²) in [5.41, 5.74) is 4.41. The highest BCUT2D eigenvalue weighted by Gasteiger charge is 2.41. The molecule has 1 aromatic heterocycles. The molecule has 4 aromatic rings. The molecule has 1 unspecified atom stereocenters. The van der Waals surface area contributed by atoms with Crippen molar-refractivity contribution in [2.24, 2.45) is 0 Å². The molecule has 0 saturated carbocycles. The van der Waals surface area contributed by atoms with Gasteiger partial charge in [-0.1, -0.05) is 78.9 Å². The molecule has 1 heterocycles. The third-order valence-electron chi connectivity index (χ3n) is 4.32. The monoisotopic (exact) mass is 405 g/mol. The molecule has 5 nitrogen and oxygen atoms in total. The highest BCUT2D eigenvalue weighted by molar-refractivity contribution is 7.55. The molecule has 6 heteroatoms. The molecule has 1 atom stereocenters. The number of benzene rings is 3. The Morgan fingerprint density at radius 2 is 1.28 bits per heavy atom. The molecule has 0 fully saturated rings. The normalized spacial score (nSPS) is 13.0. The third kappa shape index (κ3) is 4.60. The third-order valence-corrected chi connectivity index (χ3v) is 6.33. The van der Waals surface area contributed by atoms with Crippen LogP contribution in [0.15, 0.2) is 114 Å². The van der Waals surface area contributed by atoms with Gasteiger partial charge in [-0.2, -0.15) is 4.62 Å².